The smallest absolute Gasteiger partial charge is 0.269 e. The first kappa shape index (κ1) is 21.2. The van der Waals surface area contributed by atoms with Gasteiger partial charge in [0.2, 0.25) is 11.8 Å². The number of non-ortho nitro benzene ring substituents is 1. The number of aromatic nitrogens is 3. The maximum Gasteiger partial charge on any atom is 0.269 e. The molecule has 2 heterocycles. The minimum Gasteiger partial charge on any atom is -0.439 e. The highest BCUT2D eigenvalue weighted by atomic mass is 16.6. The number of carbonyl (C=O) groups is 2. The van der Waals surface area contributed by atoms with E-state index >= 15 is 0 Å². The first-order valence-electron chi connectivity index (χ1n) is 9.54. The number of nitro benzene ring substituents is 1. The summed E-state index contributed by atoms with van der Waals surface area (Å²) < 4.78 is 7.04. The fourth-order valence-electron chi connectivity index (χ4n) is 2.86. The molecular weight excluding hydrogens is 428 g/mol. The molecule has 0 bridgehead atoms. The molecule has 0 aliphatic heterocycles. The Hall–Kier alpha value is -5.06. The zero-order valence-electron chi connectivity index (χ0n) is 16.9. The minimum atomic E-state index is -0.566. The van der Waals surface area contributed by atoms with Gasteiger partial charge in [-0.3, -0.25) is 19.7 Å². The summed E-state index contributed by atoms with van der Waals surface area (Å²) in [4.78, 5) is 38.2. The van der Waals surface area contributed by atoms with Gasteiger partial charge in [0.1, 0.15) is 5.75 Å². The average molecular weight is 444 g/mol. The van der Waals surface area contributed by atoms with Crippen molar-refractivity contribution >= 4 is 23.2 Å². The van der Waals surface area contributed by atoms with Crippen molar-refractivity contribution in [2.75, 3.05) is 5.32 Å². The Balaban J connectivity index is 1.40. The summed E-state index contributed by atoms with van der Waals surface area (Å²) in [6, 6.07) is 15.3. The van der Waals surface area contributed by atoms with E-state index in [1.165, 1.54) is 53.6 Å². The Morgan fingerprint density at radius 2 is 1.82 bits per heavy atom. The molecule has 2 aromatic carbocycles. The molecule has 0 atom stereocenters. The number of rotatable bonds is 7. The Bertz CT molecular complexity index is 1330. The predicted molar refractivity (Wildman–Crippen MR) is 117 cm³/mol. The Morgan fingerprint density at radius 1 is 1.03 bits per heavy atom. The normalized spacial score (nSPS) is 10.4. The maximum atomic E-state index is 12.5. The second kappa shape index (κ2) is 8.98. The molecule has 0 radical (unpaired) electrons. The lowest BCUT2D eigenvalue weighted by molar-refractivity contribution is -0.384. The number of nitro groups is 1. The third-order valence-corrected chi connectivity index (χ3v) is 4.51. The standard InChI is InChI=1S/C22H16N6O5/c23-21(29)14-2-1-3-19(10-14)33-20-9-4-16(12-24-20)26-22(30)15-11-25-27(13-15)17-5-7-18(8-6-17)28(31)32/h1-13H,(H2,23,29)(H,26,30). The van der Waals surface area contributed by atoms with Crippen molar-refractivity contribution in [3.8, 4) is 17.3 Å². The molecule has 3 N–H and O–H groups in total. The van der Waals surface area contributed by atoms with Gasteiger partial charge in [-0.15, -0.1) is 0 Å². The highest BCUT2D eigenvalue weighted by Gasteiger charge is 2.12. The van der Waals surface area contributed by atoms with Crippen LogP contribution in [0.25, 0.3) is 5.69 Å². The van der Waals surface area contributed by atoms with E-state index in [0.717, 1.165) is 0 Å². The van der Waals surface area contributed by atoms with E-state index in [1.807, 2.05) is 0 Å². The zero-order valence-corrected chi connectivity index (χ0v) is 16.9. The van der Waals surface area contributed by atoms with Gasteiger partial charge in [-0.25, -0.2) is 9.67 Å². The molecule has 2 amide bonds. The van der Waals surface area contributed by atoms with E-state index in [-0.39, 0.29) is 17.1 Å². The summed E-state index contributed by atoms with van der Waals surface area (Å²) in [7, 11) is 0. The lowest BCUT2D eigenvalue weighted by Gasteiger charge is -2.07. The van der Waals surface area contributed by atoms with E-state index < -0.39 is 16.7 Å². The number of nitrogens with two attached hydrogens (primary N) is 1. The van der Waals surface area contributed by atoms with Gasteiger partial charge in [0.15, 0.2) is 0 Å². The molecule has 0 spiro atoms. The van der Waals surface area contributed by atoms with Crippen LogP contribution in [0.15, 0.2) is 79.3 Å². The van der Waals surface area contributed by atoms with Crippen LogP contribution < -0.4 is 15.8 Å². The molecule has 0 aliphatic carbocycles. The molecule has 0 fully saturated rings. The van der Waals surface area contributed by atoms with E-state index in [1.54, 1.807) is 30.3 Å². The van der Waals surface area contributed by atoms with Crippen LogP contribution in [0.1, 0.15) is 20.7 Å². The number of anilines is 1. The molecule has 4 aromatic rings. The quantitative estimate of drug-likeness (QED) is 0.327. The molecule has 33 heavy (non-hydrogen) atoms. The second-order valence-corrected chi connectivity index (χ2v) is 6.78. The van der Waals surface area contributed by atoms with Gasteiger partial charge in [-0.05, 0) is 36.4 Å². The summed E-state index contributed by atoms with van der Waals surface area (Å²) in [6.07, 6.45) is 4.31. The number of hydrogen-bond acceptors (Lipinski definition) is 7. The van der Waals surface area contributed by atoms with Crippen molar-refractivity contribution < 1.29 is 19.2 Å². The molecule has 11 nitrogen and oxygen atoms in total. The van der Waals surface area contributed by atoms with Gasteiger partial charge in [0.25, 0.3) is 11.6 Å². The molecule has 0 saturated heterocycles. The first-order chi connectivity index (χ1) is 15.9. The van der Waals surface area contributed by atoms with Crippen molar-refractivity contribution in [2.24, 2.45) is 5.73 Å². The van der Waals surface area contributed by atoms with E-state index in [9.17, 15) is 19.7 Å². The third-order valence-electron chi connectivity index (χ3n) is 4.51. The van der Waals surface area contributed by atoms with Crippen molar-refractivity contribution in [3.05, 3.63) is 100 Å². The zero-order chi connectivity index (χ0) is 23.4. The number of carbonyl (C=O) groups excluding carboxylic acids is 2. The highest BCUT2D eigenvalue weighted by Crippen LogP contribution is 2.22. The van der Waals surface area contributed by atoms with Crippen LogP contribution in [0.5, 0.6) is 11.6 Å². The second-order valence-electron chi connectivity index (χ2n) is 6.78. The first-order valence-corrected chi connectivity index (χ1v) is 9.54. The Morgan fingerprint density at radius 3 is 2.48 bits per heavy atom. The van der Waals surface area contributed by atoms with Gasteiger partial charge in [-0.1, -0.05) is 6.07 Å². The lowest BCUT2D eigenvalue weighted by atomic mass is 10.2. The van der Waals surface area contributed by atoms with Crippen molar-refractivity contribution in [3.63, 3.8) is 0 Å². The summed E-state index contributed by atoms with van der Waals surface area (Å²) in [6.45, 7) is 0. The number of pyridine rings is 1. The van der Waals surface area contributed by atoms with Crippen LogP contribution in [0.3, 0.4) is 0 Å². The van der Waals surface area contributed by atoms with Crippen LogP contribution in [-0.4, -0.2) is 31.5 Å². The minimum absolute atomic E-state index is 0.0376. The molecule has 164 valence electrons. The molecule has 0 aliphatic rings. The monoisotopic (exact) mass is 444 g/mol. The third kappa shape index (κ3) is 4.99. The average Bonchev–Trinajstić information content (AvgIpc) is 3.31. The van der Waals surface area contributed by atoms with Crippen molar-refractivity contribution in [1.29, 1.82) is 0 Å². The van der Waals surface area contributed by atoms with Crippen LogP contribution in [0.2, 0.25) is 0 Å². The number of primary amides is 1. The van der Waals surface area contributed by atoms with Crippen molar-refractivity contribution in [1.82, 2.24) is 14.8 Å². The van der Waals surface area contributed by atoms with Crippen LogP contribution in [0, 0.1) is 10.1 Å². The number of nitrogens with one attached hydrogen (secondary N) is 1. The number of nitrogens with zero attached hydrogens (tertiary/aromatic N) is 4. The molecule has 2 aromatic heterocycles. The van der Waals surface area contributed by atoms with Crippen molar-refractivity contribution in [2.45, 2.75) is 0 Å². The van der Waals surface area contributed by atoms with Gasteiger partial charge >= 0.3 is 0 Å². The van der Waals surface area contributed by atoms with Gasteiger partial charge < -0.3 is 15.8 Å². The number of ether oxygens (including phenoxy) is 1. The highest BCUT2D eigenvalue weighted by molar-refractivity contribution is 6.03. The topological polar surface area (TPSA) is 155 Å². The summed E-state index contributed by atoms with van der Waals surface area (Å²) in [5, 5.41) is 17.6. The largest absolute Gasteiger partial charge is 0.439 e. The number of benzene rings is 2. The lowest BCUT2D eigenvalue weighted by Crippen LogP contribution is -2.11. The fourth-order valence-corrected chi connectivity index (χ4v) is 2.86. The summed E-state index contributed by atoms with van der Waals surface area (Å²) in [5.74, 6) is -0.314. The van der Waals surface area contributed by atoms with Gasteiger partial charge in [-0.2, -0.15) is 5.10 Å². The molecule has 0 saturated carbocycles. The van der Waals surface area contributed by atoms with Gasteiger partial charge in [0, 0.05) is 30.0 Å². The Kier molecular flexibility index (Phi) is 5.76. The van der Waals surface area contributed by atoms with Gasteiger partial charge in [0.05, 0.1) is 34.3 Å². The number of amides is 2. The fraction of sp³-hybridized carbons (Fsp3) is 0. The van der Waals surface area contributed by atoms with E-state index in [2.05, 4.69) is 15.4 Å². The van der Waals surface area contributed by atoms with E-state index in [4.69, 9.17) is 10.5 Å². The molecule has 11 heteroatoms. The van der Waals surface area contributed by atoms with Crippen LogP contribution in [-0.2, 0) is 0 Å². The molecular formula is C22H16N6O5. The van der Waals surface area contributed by atoms with E-state index in [0.29, 0.717) is 22.7 Å². The Labute approximate surface area is 186 Å². The maximum absolute atomic E-state index is 12.5. The molecule has 4 rings (SSSR count). The summed E-state index contributed by atoms with van der Waals surface area (Å²) >= 11 is 0. The van der Waals surface area contributed by atoms with Crippen LogP contribution in [0.4, 0.5) is 11.4 Å². The SMILES string of the molecule is NC(=O)c1cccc(Oc2ccc(NC(=O)c3cnn(-c4ccc([N+](=O)[O-])cc4)c3)cn2)c1. The van der Waals surface area contributed by atoms with Crippen LogP contribution >= 0.6 is 0 Å². The summed E-state index contributed by atoms with van der Waals surface area (Å²) in [5.41, 5.74) is 6.83. The number of hydrogen-bond donors (Lipinski definition) is 2. The predicted octanol–water partition coefficient (Wildman–Crippen LogP) is 3.32. The molecule has 0 unspecified atom stereocenters.